The van der Waals surface area contributed by atoms with Crippen LogP contribution in [0.3, 0.4) is 0 Å². The molecule has 0 unspecified atom stereocenters. The summed E-state index contributed by atoms with van der Waals surface area (Å²) >= 11 is -0.826. The number of hydrogen-bond acceptors (Lipinski definition) is 2. The molecule has 1 saturated carbocycles. The SMILES string of the molecule is Cc1ccc(C(C)(C)c2ccccc2)c(O)c1C=NC1CCC(C(C)(C)C)CC1.[Cl][Zr][Cl]. The fourth-order valence-corrected chi connectivity index (χ4v) is 4.66. The number of phenols is 1. The van der Waals surface area contributed by atoms with E-state index in [-0.39, 0.29) is 5.41 Å². The van der Waals surface area contributed by atoms with Gasteiger partial charge in [-0.3, -0.25) is 4.99 Å². The molecule has 1 aliphatic rings. The summed E-state index contributed by atoms with van der Waals surface area (Å²) in [5.41, 5.74) is 4.20. The Labute approximate surface area is 213 Å². The van der Waals surface area contributed by atoms with Gasteiger partial charge in [0.25, 0.3) is 0 Å². The van der Waals surface area contributed by atoms with Crippen LogP contribution in [0.5, 0.6) is 5.75 Å². The van der Waals surface area contributed by atoms with Gasteiger partial charge in [0, 0.05) is 28.8 Å². The molecule has 174 valence electrons. The first-order valence-corrected chi connectivity index (χ1v) is 17.7. The van der Waals surface area contributed by atoms with Crippen LogP contribution in [0, 0.1) is 18.3 Å². The van der Waals surface area contributed by atoms with E-state index in [1.54, 1.807) is 0 Å². The maximum atomic E-state index is 11.2. The summed E-state index contributed by atoms with van der Waals surface area (Å²) < 4.78 is 0. The van der Waals surface area contributed by atoms with Crippen LogP contribution in [0.25, 0.3) is 0 Å². The number of aliphatic imine (C=N–C) groups is 1. The van der Waals surface area contributed by atoms with E-state index in [2.05, 4.69) is 77.9 Å². The molecule has 0 radical (unpaired) electrons. The van der Waals surface area contributed by atoms with Gasteiger partial charge in [0.1, 0.15) is 5.75 Å². The van der Waals surface area contributed by atoms with Crippen LogP contribution < -0.4 is 0 Å². The third kappa shape index (κ3) is 7.18. The van der Waals surface area contributed by atoms with E-state index in [1.165, 1.54) is 18.4 Å². The quantitative estimate of drug-likeness (QED) is 0.379. The molecule has 32 heavy (non-hydrogen) atoms. The van der Waals surface area contributed by atoms with Gasteiger partial charge in [0.15, 0.2) is 0 Å². The van der Waals surface area contributed by atoms with Gasteiger partial charge in [-0.1, -0.05) is 77.1 Å². The molecule has 0 aliphatic heterocycles. The van der Waals surface area contributed by atoms with Gasteiger partial charge >= 0.3 is 37.9 Å². The monoisotopic (exact) mass is 551 g/mol. The van der Waals surface area contributed by atoms with E-state index in [0.29, 0.717) is 17.2 Å². The second-order valence-corrected chi connectivity index (χ2v) is 14.1. The molecule has 3 rings (SSSR count). The normalized spacial score (nSPS) is 19.4. The Balaban J connectivity index is 0.00000114. The van der Waals surface area contributed by atoms with Gasteiger partial charge in [0.2, 0.25) is 0 Å². The van der Waals surface area contributed by atoms with E-state index in [4.69, 9.17) is 22.0 Å². The summed E-state index contributed by atoms with van der Waals surface area (Å²) in [6.45, 7) is 13.4. The second kappa shape index (κ2) is 12.2. The first kappa shape index (κ1) is 27.6. The summed E-state index contributed by atoms with van der Waals surface area (Å²) in [6, 6.07) is 14.9. The topological polar surface area (TPSA) is 32.6 Å². The standard InChI is InChI=1S/C27H37NO.2ClH.Zr/c1-19-12-17-24(27(5,6)21-10-8-7-9-11-21)25(29)23(19)18-28-22-15-13-20(14-16-22)26(2,3)4;;;/h7-12,17-18,20,22,29H,13-16H2,1-6H3;2*1H;/q;;;+2/p-2. The number of halogens is 2. The van der Waals surface area contributed by atoms with Crippen LogP contribution in [0.15, 0.2) is 47.5 Å². The van der Waals surface area contributed by atoms with Gasteiger partial charge < -0.3 is 5.11 Å². The average Bonchev–Trinajstić information content (AvgIpc) is 2.74. The van der Waals surface area contributed by atoms with Crippen molar-refractivity contribution in [2.45, 2.75) is 78.7 Å². The van der Waals surface area contributed by atoms with Crippen molar-refractivity contribution in [2.75, 3.05) is 0 Å². The molecule has 2 nitrogen and oxygen atoms in total. The summed E-state index contributed by atoms with van der Waals surface area (Å²) in [4.78, 5) is 4.90. The van der Waals surface area contributed by atoms with E-state index < -0.39 is 20.8 Å². The van der Waals surface area contributed by atoms with Gasteiger partial charge in [0.05, 0.1) is 0 Å². The van der Waals surface area contributed by atoms with Crippen LogP contribution in [0.4, 0.5) is 0 Å². The summed E-state index contributed by atoms with van der Waals surface area (Å²) in [7, 11) is 9.87. The van der Waals surface area contributed by atoms with Gasteiger partial charge in [-0.25, -0.2) is 0 Å². The maximum absolute atomic E-state index is 11.2. The molecule has 0 atom stereocenters. The zero-order valence-corrected chi connectivity index (χ0v) is 24.2. The van der Waals surface area contributed by atoms with Crippen LogP contribution in [0.1, 0.15) is 82.6 Å². The second-order valence-electron chi connectivity index (χ2n) is 10.4. The van der Waals surface area contributed by atoms with E-state index in [1.807, 2.05) is 12.3 Å². The molecular formula is C27H37Cl2NOZr. The number of benzene rings is 2. The number of hydrogen-bond donors (Lipinski definition) is 1. The summed E-state index contributed by atoms with van der Waals surface area (Å²) in [6.07, 6.45) is 6.72. The first-order valence-electron chi connectivity index (χ1n) is 11.4. The Bertz CT molecular complexity index is 883. The van der Waals surface area contributed by atoms with E-state index in [0.717, 1.165) is 35.4 Å². The zero-order valence-electron chi connectivity index (χ0n) is 20.3. The van der Waals surface area contributed by atoms with E-state index in [9.17, 15) is 5.11 Å². The van der Waals surface area contributed by atoms with Crippen LogP contribution in [0.2, 0.25) is 0 Å². The van der Waals surface area contributed by atoms with Crippen LogP contribution >= 0.6 is 17.0 Å². The minimum absolute atomic E-state index is 0.271. The number of aromatic hydroxyl groups is 1. The molecule has 1 aliphatic carbocycles. The number of nitrogens with zero attached hydrogens (tertiary/aromatic N) is 1. The van der Waals surface area contributed by atoms with Crippen molar-refractivity contribution >= 4 is 23.2 Å². The van der Waals surface area contributed by atoms with Crippen molar-refractivity contribution in [1.29, 1.82) is 0 Å². The predicted molar refractivity (Wildman–Crippen MR) is 136 cm³/mol. The molecular weight excluding hydrogens is 516 g/mol. The van der Waals surface area contributed by atoms with E-state index >= 15 is 0 Å². The molecule has 0 saturated heterocycles. The Morgan fingerprint density at radius 3 is 2.03 bits per heavy atom. The minimum atomic E-state index is -0.826. The van der Waals surface area contributed by atoms with Crippen molar-refractivity contribution in [2.24, 2.45) is 16.3 Å². The molecule has 1 fully saturated rings. The fraction of sp³-hybridized carbons (Fsp3) is 0.519. The average molecular weight is 554 g/mol. The van der Waals surface area contributed by atoms with Crippen LogP contribution in [-0.2, 0) is 26.3 Å². The Kier molecular flexibility index (Phi) is 10.5. The number of aryl methyl sites for hydroxylation is 1. The van der Waals surface area contributed by atoms with Crippen molar-refractivity contribution < 1.29 is 26.0 Å². The Hall–Kier alpha value is -0.627. The number of rotatable bonds is 4. The number of phenolic OH excluding ortho intramolecular Hbond substituents is 1. The van der Waals surface area contributed by atoms with Crippen molar-refractivity contribution in [3.8, 4) is 5.75 Å². The predicted octanol–water partition coefficient (Wildman–Crippen LogP) is 8.43. The van der Waals surface area contributed by atoms with Crippen molar-refractivity contribution in [3.05, 3.63) is 64.7 Å². The van der Waals surface area contributed by atoms with Gasteiger partial charge in [-0.05, 0) is 55.1 Å². The fourth-order valence-electron chi connectivity index (χ4n) is 4.66. The molecule has 1 N–H and O–H groups in total. The first-order chi connectivity index (χ1) is 15.0. The molecule has 2 aromatic rings. The van der Waals surface area contributed by atoms with Crippen molar-refractivity contribution in [3.63, 3.8) is 0 Å². The Morgan fingerprint density at radius 1 is 0.938 bits per heavy atom. The van der Waals surface area contributed by atoms with Gasteiger partial charge in [-0.2, -0.15) is 0 Å². The molecule has 0 aromatic heterocycles. The third-order valence-electron chi connectivity index (χ3n) is 6.94. The molecule has 0 spiro atoms. The summed E-state index contributed by atoms with van der Waals surface area (Å²) in [5.74, 6) is 1.16. The van der Waals surface area contributed by atoms with Crippen LogP contribution in [-0.4, -0.2) is 17.4 Å². The third-order valence-corrected chi connectivity index (χ3v) is 6.94. The molecule has 0 amide bonds. The molecule has 5 heteroatoms. The molecule has 0 bridgehead atoms. The summed E-state index contributed by atoms with van der Waals surface area (Å²) in [5, 5.41) is 11.2. The Morgan fingerprint density at radius 2 is 1.50 bits per heavy atom. The van der Waals surface area contributed by atoms with Crippen molar-refractivity contribution in [1.82, 2.24) is 0 Å². The molecule has 2 aromatic carbocycles. The molecule has 0 heterocycles. The zero-order chi connectivity index (χ0) is 23.9. The van der Waals surface area contributed by atoms with Gasteiger partial charge in [-0.15, -0.1) is 0 Å².